The molecule has 24 heavy (non-hydrogen) atoms. The number of methoxy groups -OCH3 is 1. The molecular weight excluding hydrogens is 310 g/mol. The number of esters is 1. The van der Waals surface area contributed by atoms with Crippen LogP contribution in [0, 0.1) is 0 Å². The Bertz CT molecular complexity index is 620. The number of amides is 2. The lowest BCUT2D eigenvalue weighted by Gasteiger charge is -2.37. The van der Waals surface area contributed by atoms with Crippen LogP contribution >= 0.6 is 0 Å². The minimum absolute atomic E-state index is 0.138. The van der Waals surface area contributed by atoms with E-state index in [1.165, 1.54) is 7.11 Å². The topological polar surface area (TPSA) is 72.9 Å². The van der Waals surface area contributed by atoms with E-state index in [1.54, 1.807) is 20.8 Å². The first kappa shape index (κ1) is 18.0. The molecule has 0 N–H and O–H groups in total. The zero-order chi connectivity index (χ0) is 17.9. The van der Waals surface area contributed by atoms with E-state index >= 15 is 0 Å². The Labute approximate surface area is 141 Å². The first-order chi connectivity index (χ1) is 11.2. The van der Waals surface area contributed by atoms with E-state index in [4.69, 9.17) is 9.47 Å². The summed E-state index contributed by atoms with van der Waals surface area (Å²) in [6.07, 6.45) is -0.340. The summed E-state index contributed by atoms with van der Waals surface area (Å²) >= 11 is 0. The second-order valence-corrected chi connectivity index (χ2v) is 6.83. The van der Waals surface area contributed by atoms with Crippen molar-refractivity contribution in [2.45, 2.75) is 51.2 Å². The van der Waals surface area contributed by atoms with Gasteiger partial charge in [-0.05, 0) is 38.7 Å². The summed E-state index contributed by atoms with van der Waals surface area (Å²) in [6, 6.07) is 8.50. The molecule has 2 rings (SSSR count). The molecular formula is C18H23NO5. The van der Waals surface area contributed by atoms with E-state index < -0.39 is 29.6 Å². The molecule has 1 fully saturated rings. The molecule has 0 spiro atoms. The Balaban J connectivity index is 2.27. The first-order valence-corrected chi connectivity index (χ1v) is 7.90. The van der Waals surface area contributed by atoms with Gasteiger partial charge >= 0.3 is 12.1 Å². The lowest BCUT2D eigenvalue weighted by Crippen LogP contribution is -2.54. The smallest absolute Gasteiger partial charge is 0.417 e. The van der Waals surface area contributed by atoms with Crippen LogP contribution in [0.5, 0.6) is 0 Å². The fraction of sp³-hybridized carbons (Fsp3) is 0.500. The van der Waals surface area contributed by atoms with Gasteiger partial charge in [-0.25, -0.2) is 14.5 Å². The number of carbonyl (C=O) groups is 3. The molecule has 6 heteroatoms. The van der Waals surface area contributed by atoms with Crippen molar-refractivity contribution in [1.82, 2.24) is 4.90 Å². The maximum absolute atomic E-state index is 12.6. The second kappa shape index (κ2) is 7.03. The Hall–Kier alpha value is -2.37. The van der Waals surface area contributed by atoms with E-state index in [-0.39, 0.29) is 12.3 Å². The molecule has 1 aliphatic heterocycles. The van der Waals surface area contributed by atoms with E-state index in [1.807, 2.05) is 30.3 Å². The van der Waals surface area contributed by atoms with Gasteiger partial charge in [-0.2, -0.15) is 0 Å². The highest BCUT2D eigenvalue weighted by Crippen LogP contribution is 2.33. The van der Waals surface area contributed by atoms with Gasteiger partial charge in [0.1, 0.15) is 11.6 Å². The molecule has 0 radical (unpaired) electrons. The van der Waals surface area contributed by atoms with Crippen LogP contribution in [0.4, 0.5) is 4.79 Å². The van der Waals surface area contributed by atoms with Crippen LogP contribution in [0.1, 0.15) is 45.1 Å². The molecule has 1 heterocycles. The van der Waals surface area contributed by atoms with Crippen molar-refractivity contribution >= 4 is 18.0 Å². The summed E-state index contributed by atoms with van der Waals surface area (Å²) in [5, 5.41) is 0. The Morgan fingerprint density at radius 3 is 2.33 bits per heavy atom. The summed E-state index contributed by atoms with van der Waals surface area (Å²) in [4.78, 5) is 38.0. The number of hydrogen-bond acceptors (Lipinski definition) is 5. The third kappa shape index (κ3) is 4.13. The van der Waals surface area contributed by atoms with Crippen LogP contribution in [0.3, 0.4) is 0 Å². The van der Waals surface area contributed by atoms with E-state index in [0.29, 0.717) is 6.42 Å². The van der Waals surface area contributed by atoms with Gasteiger partial charge in [0, 0.05) is 6.42 Å². The maximum atomic E-state index is 12.6. The third-order valence-electron chi connectivity index (χ3n) is 3.84. The van der Waals surface area contributed by atoms with Gasteiger partial charge in [-0.1, -0.05) is 30.3 Å². The number of rotatable bonds is 2. The third-order valence-corrected chi connectivity index (χ3v) is 3.84. The highest BCUT2D eigenvalue weighted by molar-refractivity contribution is 5.98. The molecule has 2 atom stereocenters. The van der Waals surface area contributed by atoms with Crippen LogP contribution in [-0.4, -0.2) is 41.6 Å². The SMILES string of the molecule is COC(=O)[C@@H]1C[C@H](c2ccccc2)CC(=O)N1C(=O)OC(C)(C)C. The average Bonchev–Trinajstić information content (AvgIpc) is 2.52. The summed E-state index contributed by atoms with van der Waals surface area (Å²) in [6.45, 7) is 5.12. The largest absolute Gasteiger partial charge is 0.467 e. The number of likely N-dealkylation sites (tertiary alicyclic amines) is 1. The number of nitrogens with zero attached hydrogens (tertiary/aromatic N) is 1. The van der Waals surface area contributed by atoms with Crippen LogP contribution in [-0.2, 0) is 19.1 Å². The molecule has 0 aromatic heterocycles. The predicted molar refractivity (Wildman–Crippen MR) is 87.3 cm³/mol. The van der Waals surface area contributed by atoms with Crippen LogP contribution < -0.4 is 0 Å². The number of imide groups is 1. The lowest BCUT2D eigenvalue weighted by molar-refractivity contribution is -0.155. The zero-order valence-electron chi connectivity index (χ0n) is 14.4. The van der Waals surface area contributed by atoms with Crippen LogP contribution in [0.25, 0.3) is 0 Å². The molecule has 0 saturated carbocycles. The summed E-state index contributed by atoms with van der Waals surface area (Å²) < 4.78 is 10.1. The highest BCUT2D eigenvalue weighted by Gasteiger charge is 2.44. The van der Waals surface area contributed by atoms with E-state index in [2.05, 4.69) is 0 Å². The van der Waals surface area contributed by atoms with Crippen molar-refractivity contribution in [2.24, 2.45) is 0 Å². The van der Waals surface area contributed by atoms with Gasteiger partial charge in [0.2, 0.25) is 5.91 Å². The minimum atomic E-state index is -0.976. The molecule has 1 aromatic rings. The van der Waals surface area contributed by atoms with Crippen LogP contribution in [0.2, 0.25) is 0 Å². The number of piperidine rings is 1. The molecule has 0 bridgehead atoms. The summed E-state index contributed by atoms with van der Waals surface area (Å²) in [7, 11) is 1.24. The standard InChI is InChI=1S/C18H23NO5/c1-18(2,3)24-17(22)19-14(16(21)23-4)10-13(11-15(19)20)12-8-6-5-7-9-12/h5-9,13-14H,10-11H2,1-4H3/t13-,14-/m0/s1. The number of hydrogen-bond donors (Lipinski definition) is 0. The molecule has 130 valence electrons. The van der Waals surface area contributed by atoms with Gasteiger partial charge in [0.25, 0.3) is 0 Å². The fourth-order valence-electron chi connectivity index (χ4n) is 2.80. The molecule has 6 nitrogen and oxygen atoms in total. The van der Waals surface area contributed by atoms with Crippen LogP contribution in [0.15, 0.2) is 30.3 Å². The number of carbonyl (C=O) groups excluding carboxylic acids is 3. The maximum Gasteiger partial charge on any atom is 0.417 e. The zero-order valence-corrected chi connectivity index (χ0v) is 14.4. The first-order valence-electron chi connectivity index (χ1n) is 7.90. The molecule has 1 saturated heterocycles. The molecule has 1 aliphatic rings. The average molecular weight is 333 g/mol. The van der Waals surface area contributed by atoms with Crippen molar-refractivity contribution in [2.75, 3.05) is 7.11 Å². The second-order valence-electron chi connectivity index (χ2n) is 6.83. The number of ether oxygens (including phenoxy) is 2. The molecule has 2 amide bonds. The van der Waals surface area contributed by atoms with Crippen molar-refractivity contribution in [3.05, 3.63) is 35.9 Å². The summed E-state index contributed by atoms with van der Waals surface area (Å²) in [5.41, 5.74) is 0.206. The van der Waals surface area contributed by atoms with Gasteiger partial charge in [0.05, 0.1) is 7.11 Å². The highest BCUT2D eigenvalue weighted by atomic mass is 16.6. The fourth-order valence-corrected chi connectivity index (χ4v) is 2.80. The Kier molecular flexibility index (Phi) is 5.26. The lowest BCUT2D eigenvalue weighted by atomic mass is 9.85. The Morgan fingerprint density at radius 2 is 1.79 bits per heavy atom. The summed E-state index contributed by atoms with van der Waals surface area (Å²) in [5.74, 6) is -1.18. The van der Waals surface area contributed by atoms with Crippen molar-refractivity contribution in [3.8, 4) is 0 Å². The van der Waals surface area contributed by atoms with E-state index in [0.717, 1.165) is 10.5 Å². The molecule has 1 aromatic carbocycles. The van der Waals surface area contributed by atoms with Crippen molar-refractivity contribution < 1.29 is 23.9 Å². The van der Waals surface area contributed by atoms with Crippen molar-refractivity contribution in [1.29, 1.82) is 0 Å². The molecule has 0 unspecified atom stereocenters. The van der Waals surface area contributed by atoms with E-state index in [9.17, 15) is 14.4 Å². The van der Waals surface area contributed by atoms with Gasteiger partial charge < -0.3 is 9.47 Å². The predicted octanol–water partition coefficient (Wildman–Crippen LogP) is 2.87. The normalized spacial score (nSPS) is 21.3. The van der Waals surface area contributed by atoms with Crippen molar-refractivity contribution in [3.63, 3.8) is 0 Å². The Morgan fingerprint density at radius 1 is 1.17 bits per heavy atom. The number of benzene rings is 1. The molecule has 0 aliphatic carbocycles. The monoisotopic (exact) mass is 333 g/mol. The van der Waals surface area contributed by atoms with Gasteiger partial charge in [0.15, 0.2) is 0 Å². The quantitative estimate of drug-likeness (QED) is 0.778. The minimum Gasteiger partial charge on any atom is -0.467 e. The van der Waals surface area contributed by atoms with Gasteiger partial charge in [-0.3, -0.25) is 4.79 Å². The van der Waals surface area contributed by atoms with Gasteiger partial charge in [-0.15, -0.1) is 0 Å².